The molecule has 0 bridgehead atoms. The monoisotopic (exact) mass is 408 g/mol. The third-order valence-electron chi connectivity index (χ3n) is 6.72. The number of carbonyl (C=O) groups is 1. The molecule has 1 aliphatic carbocycles. The van der Waals surface area contributed by atoms with Crippen LogP contribution in [0.4, 0.5) is 0 Å². The van der Waals surface area contributed by atoms with Gasteiger partial charge in [0.1, 0.15) is 0 Å². The van der Waals surface area contributed by atoms with E-state index < -0.39 is 0 Å². The molecule has 31 heavy (non-hydrogen) atoms. The Morgan fingerprint density at radius 2 is 1.45 bits per heavy atom. The van der Waals surface area contributed by atoms with E-state index in [9.17, 15) is 4.79 Å². The molecule has 1 aliphatic rings. The number of benzene rings is 3. The van der Waals surface area contributed by atoms with Crippen LogP contribution in [0, 0.1) is 5.92 Å². The zero-order valence-electron chi connectivity index (χ0n) is 17.9. The van der Waals surface area contributed by atoms with Gasteiger partial charge in [0.2, 0.25) is 0 Å². The lowest BCUT2D eigenvalue weighted by Gasteiger charge is -2.36. The van der Waals surface area contributed by atoms with Crippen LogP contribution in [0.25, 0.3) is 10.9 Å². The molecule has 156 valence electrons. The zero-order chi connectivity index (χ0) is 21.2. The first-order valence-corrected chi connectivity index (χ1v) is 11.2. The van der Waals surface area contributed by atoms with Gasteiger partial charge in [-0.2, -0.15) is 0 Å². The summed E-state index contributed by atoms with van der Waals surface area (Å²) in [5.41, 5.74) is 5.64. The van der Waals surface area contributed by atoms with Gasteiger partial charge in [0.05, 0.1) is 5.69 Å². The number of hydrogen-bond donors (Lipinski definition) is 1. The first kappa shape index (κ1) is 19.8. The van der Waals surface area contributed by atoms with Gasteiger partial charge in [-0.25, -0.2) is 0 Å². The molecular formula is C28H28N2O. The lowest BCUT2D eigenvalue weighted by atomic mass is 9.81. The smallest absolute Gasteiger partial charge is 0.183 e. The fourth-order valence-corrected chi connectivity index (χ4v) is 4.98. The molecule has 0 aliphatic heterocycles. The molecule has 0 spiro atoms. The number of nitrogens with zero attached hydrogens (tertiary/aromatic N) is 1. The van der Waals surface area contributed by atoms with E-state index in [0.717, 1.165) is 37.1 Å². The molecule has 1 heterocycles. The molecule has 2 atom stereocenters. The standard InChI is InChI=1S/C28H28N2O/c1-20(23-16-17-25-24-14-8-9-15-26(24)29-27(25)28(23)31)30(18-21-10-4-2-5-11-21)19-22-12-6-3-7-13-22/h2-15,20,23,29H,16-19H2,1H3. The second-order valence-electron chi connectivity index (χ2n) is 8.65. The Kier molecular flexibility index (Phi) is 5.44. The maximum absolute atomic E-state index is 13.6. The number of Topliss-reactive ketones (excluding diaryl/α,β-unsaturated/α-hetero) is 1. The highest BCUT2D eigenvalue weighted by Crippen LogP contribution is 2.34. The van der Waals surface area contributed by atoms with Crippen LogP contribution >= 0.6 is 0 Å². The number of aryl methyl sites for hydroxylation is 1. The number of nitrogens with one attached hydrogen (secondary N) is 1. The number of fused-ring (bicyclic) bond motifs is 3. The summed E-state index contributed by atoms with van der Waals surface area (Å²) >= 11 is 0. The summed E-state index contributed by atoms with van der Waals surface area (Å²) in [6, 6.07) is 29.5. The van der Waals surface area contributed by atoms with Gasteiger partial charge in [0, 0.05) is 36.0 Å². The van der Waals surface area contributed by atoms with E-state index in [1.54, 1.807) is 0 Å². The summed E-state index contributed by atoms with van der Waals surface area (Å²) in [5, 5.41) is 1.20. The maximum atomic E-state index is 13.6. The average Bonchev–Trinajstić information content (AvgIpc) is 3.20. The molecule has 0 saturated carbocycles. The van der Waals surface area contributed by atoms with Crippen molar-refractivity contribution in [2.24, 2.45) is 5.92 Å². The number of carbonyl (C=O) groups excluding carboxylic acids is 1. The molecule has 4 aromatic rings. The molecular weight excluding hydrogens is 380 g/mol. The van der Waals surface area contributed by atoms with Crippen molar-refractivity contribution < 1.29 is 4.79 Å². The summed E-state index contributed by atoms with van der Waals surface area (Å²) < 4.78 is 0. The normalized spacial score (nSPS) is 17.1. The third-order valence-corrected chi connectivity index (χ3v) is 6.72. The van der Waals surface area contributed by atoms with Crippen LogP contribution < -0.4 is 0 Å². The summed E-state index contributed by atoms with van der Waals surface area (Å²) in [4.78, 5) is 19.5. The topological polar surface area (TPSA) is 36.1 Å². The number of H-pyrrole nitrogens is 1. The average molecular weight is 409 g/mol. The van der Waals surface area contributed by atoms with Gasteiger partial charge in [-0.15, -0.1) is 0 Å². The first-order chi connectivity index (χ1) is 15.2. The fourth-order valence-electron chi connectivity index (χ4n) is 4.98. The van der Waals surface area contributed by atoms with E-state index in [1.165, 1.54) is 22.1 Å². The zero-order valence-corrected chi connectivity index (χ0v) is 17.9. The van der Waals surface area contributed by atoms with E-state index in [0.29, 0.717) is 0 Å². The lowest BCUT2D eigenvalue weighted by molar-refractivity contribution is 0.0733. The minimum absolute atomic E-state index is 0.00649. The number of rotatable bonds is 6. The molecule has 0 radical (unpaired) electrons. The second kappa shape index (κ2) is 8.52. The molecule has 1 aromatic heterocycles. The largest absolute Gasteiger partial charge is 0.352 e. The second-order valence-corrected chi connectivity index (χ2v) is 8.65. The fraction of sp³-hybridized carbons (Fsp3) is 0.250. The summed E-state index contributed by atoms with van der Waals surface area (Å²) in [6.07, 6.45) is 1.85. The van der Waals surface area contributed by atoms with Crippen LogP contribution in [0.15, 0.2) is 84.9 Å². The molecule has 0 amide bonds. The van der Waals surface area contributed by atoms with Gasteiger partial charge < -0.3 is 4.98 Å². The van der Waals surface area contributed by atoms with E-state index in [2.05, 4.69) is 95.7 Å². The highest BCUT2D eigenvalue weighted by molar-refractivity contribution is 6.04. The van der Waals surface area contributed by atoms with Gasteiger partial charge in [-0.3, -0.25) is 9.69 Å². The molecule has 3 heteroatoms. The number of ketones is 1. The van der Waals surface area contributed by atoms with Crippen molar-refractivity contribution in [3.05, 3.63) is 107 Å². The quantitative estimate of drug-likeness (QED) is 0.424. The highest BCUT2D eigenvalue weighted by Gasteiger charge is 2.36. The van der Waals surface area contributed by atoms with Crippen LogP contribution in [0.1, 0.15) is 40.5 Å². The minimum atomic E-state index is -0.00649. The minimum Gasteiger partial charge on any atom is -0.352 e. The van der Waals surface area contributed by atoms with Gasteiger partial charge in [0.15, 0.2) is 5.78 Å². The number of aromatic amines is 1. The molecule has 5 rings (SSSR count). The molecule has 0 saturated heterocycles. The van der Waals surface area contributed by atoms with Gasteiger partial charge in [-0.1, -0.05) is 78.9 Å². The van der Waals surface area contributed by atoms with E-state index in [4.69, 9.17) is 0 Å². The predicted molar refractivity (Wildman–Crippen MR) is 126 cm³/mol. The maximum Gasteiger partial charge on any atom is 0.183 e. The Balaban J connectivity index is 1.44. The third kappa shape index (κ3) is 3.94. The van der Waals surface area contributed by atoms with E-state index in [1.807, 2.05) is 6.07 Å². The number of hydrogen-bond acceptors (Lipinski definition) is 2. The van der Waals surface area contributed by atoms with Crippen molar-refractivity contribution in [1.82, 2.24) is 9.88 Å². The summed E-state index contributed by atoms with van der Waals surface area (Å²) in [5.74, 6) is 0.254. The predicted octanol–water partition coefficient (Wildman–Crippen LogP) is 6.00. The molecule has 2 unspecified atom stereocenters. The van der Waals surface area contributed by atoms with Crippen molar-refractivity contribution in [1.29, 1.82) is 0 Å². The highest BCUT2D eigenvalue weighted by atomic mass is 16.1. The Bertz CT molecular complexity index is 1140. The van der Waals surface area contributed by atoms with Gasteiger partial charge >= 0.3 is 0 Å². The number of para-hydroxylation sites is 1. The van der Waals surface area contributed by atoms with Crippen molar-refractivity contribution in [2.45, 2.75) is 38.9 Å². The molecule has 0 fully saturated rings. The van der Waals surface area contributed by atoms with Crippen LogP contribution in [-0.2, 0) is 19.5 Å². The van der Waals surface area contributed by atoms with Gasteiger partial charge in [-0.05, 0) is 42.5 Å². The first-order valence-electron chi connectivity index (χ1n) is 11.2. The van der Waals surface area contributed by atoms with Crippen molar-refractivity contribution in [3.63, 3.8) is 0 Å². The Morgan fingerprint density at radius 3 is 2.10 bits per heavy atom. The SMILES string of the molecule is CC(C1CCc2c([nH]c3ccccc23)C1=O)N(Cc1ccccc1)Cc1ccccc1. The van der Waals surface area contributed by atoms with Crippen molar-refractivity contribution >= 4 is 16.7 Å². The Morgan fingerprint density at radius 1 is 0.871 bits per heavy atom. The van der Waals surface area contributed by atoms with E-state index in [-0.39, 0.29) is 17.7 Å². The molecule has 3 aromatic carbocycles. The van der Waals surface area contributed by atoms with Crippen LogP contribution in [0.2, 0.25) is 0 Å². The summed E-state index contributed by atoms with van der Waals surface area (Å²) in [6.45, 7) is 3.89. The van der Waals surface area contributed by atoms with Crippen molar-refractivity contribution in [2.75, 3.05) is 0 Å². The van der Waals surface area contributed by atoms with Gasteiger partial charge in [0.25, 0.3) is 0 Å². The van der Waals surface area contributed by atoms with Crippen LogP contribution in [-0.4, -0.2) is 21.7 Å². The molecule has 3 nitrogen and oxygen atoms in total. The Labute approximate surface area is 183 Å². The lowest BCUT2D eigenvalue weighted by Crippen LogP contribution is -2.42. The summed E-state index contributed by atoms with van der Waals surface area (Å²) in [7, 11) is 0. The molecule has 1 N–H and O–H groups in total. The number of aromatic nitrogens is 1. The Hall–Kier alpha value is -3.17. The van der Waals surface area contributed by atoms with Crippen molar-refractivity contribution in [3.8, 4) is 0 Å². The van der Waals surface area contributed by atoms with E-state index >= 15 is 0 Å². The van der Waals surface area contributed by atoms with Crippen LogP contribution in [0.5, 0.6) is 0 Å². The van der Waals surface area contributed by atoms with Crippen LogP contribution in [0.3, 0.4) is 0 Å².